The summed E-state index contributed by atoms with van der Waals surface area (Å²) in [5.74, 6) is -5.09. The maximum absolute atomic E-state index is 15.1. The molecule has 5 rings (SSSR count). The van der Waals surface area contributed by atoms with Gasteiger partial charge in [0.1, 0.15) is 17.5 Å². The summed E-state index contributed by atoms with van der Waals surface area (Å²) in [5, 5.41) is 25.1. The number of benzene rings is 2. The molecular formula is C56H87NO11. The largest absolute Gasteiger partial charge is 0.459 e. The molecule has 382 valence electrons. The molecule has 0 amide bonds. The molecule has 4 unspecified atom stereocenters. The standard InChI is InChI=1S/C56H87NO11/c1-19-20-44-56(16,62)49(47-32(6)23-29(3)24-33(47)7)37(11)50(60)34(8)25-35(9)51(68-55-53(65-41(15)58)42(57(17)18)26-36(10)63-55)38(12)52(39(13)54(61)66-44)67-45-27-43(59)48(40(14)64-45)46-30(4)21-28(2)22-31(46)5/h21-24,34-40,42-45,48-49,51-53,55,59,62H,19-20,25-27H2,1-18H3/t34-,35+,36+,37-,38-,39-,40?,42?,43?,44-,45+,48-,49+,51+,52+,53?,55+,56-/m1/s1. The second kappa shape index (κ2) is 22.9. The van der Waals surface area contributed by atoms with E-state index in [1.807, 2.05) is 88.2 Å². The summed E-state index contributed by atoms with van der Waals surface area (Å²) < 4.78 is 40.1. The number of cyclic esters (lactones) is 1. The molecule has 0 spiro atoms. The SMILES string of the molecule is CCC[C@H]1OC(=O)[C@H](C)[C@@H](O[C@H]2CC(O)[C@H](c3c(C)cc(C)cc3C)C(C)O2)[C@H](C)[C@@H](O[C@@H]2O[C@@H](C)CC(N(C)C)C2OC(C)=O)[C@@H](C)C[C@@H](C)C(=O)[C@H](C)[C@@H](c2c(C)cc(C)cc2C)[C@]1(C)O. The van der Waals surface area contributed by atoms with Gasteiger partial charge in [-0.05, 0) is 142 Å². The summed E-state index contributed by atoms with van der Waals surface area (Å²) in [5.41, 5.74) is 6.58. The van der Waals surface area contributed by atoms with Gasteiger partial charge in [-0.1, -0.05) is 76.4 Å². The highest BCUT2D eigenvalue weighted by Gasteiger charge is 2.52. The van der Waals surface area contributed by atoms with Gasteiger partial charge in [-0.25, -0.2) is 0 Å². The number of ketones is 1. The minimum Gasteiger partial charge on any atom is -0.459 e. The molecule has 0 radical (unpaired) electrons. The Kier molecular flexibility index (Phi) is 18.7. The van der Waals surface area contributed by atoms with Gasteiger partial charge in [-0.3, -0.25) is 14.4 Å². The Balaban J connectivity index is 1.65. The molecule has 18 atom stereocenters. The zero-order valence-corrected chi connectivity index (χ0v) is 44.7. The Hall–Kier alpha value is -3.23. The predicted molar refractivity (Wildman–Crippen MR) is 264 cm³/mol. The van der Waals surface area contributed by atoms with E-state index in [4.69, 9.17) is 28.4 Å². The molecule has 0 aliphatic carbocycles. The summed E-state index contributed by atoms with van der Waals surface area (Å²) in [4.78, 5) is 44.9. The molecule has 0 aromatic heterocycles. The molecule has 2 aromatic rings. The summed E-state index contributed by atoms with van der Waals surface area (Å²) in [6.07, 6.45) is -4.73. The van der Waals surface area contributed by atoms with Crippen molar-refractivity contribution in [3.8, 4) is 0 Å². The van der Waals surface area contributed by atoms with Crippen LogP contribution in [-0.4, -0.2) is 114 Å². The Morgan fingerprint density at radius 1 is 0.779 bits per heavy atom. The molecule has 2 aromatic carbocycles. The first-order valence-corrected chi connectivity index (χ1v) is 25.4. The van der Waals surface area contributed by atoms with Gasteiger partial charge in [-0.15, -0.1) is 0 Å². The third kappa shape index (κ3) is 12.3. The molecular weight excluding hydrogens is 863 g/mol. The van der Waals surface area contributed by atoms with Crippen molar-refractivity contribution in [1.29, 1.82) is 0 Å². The third-order valence-electron chi connectivity index (χ3n) is 15.7. The second-order valence-corrected chi connectivity index (χ2v) is 22.0. The molecule has 12 heteroatoms. The van der Waals surface area contributed by atoms with Crippen molar-refractivity contribution in [2.45, 2.75) is 222 Å². The average Bonchev–Trinajstić information content (AvgIpc) is 3.22. The van der Waals surface area contributed by atoms with Gasteiger partial charge < -0.3 is 43.5 Å². The lowest BCUT2D eigenvalue weighted by atomic mass is 9.66. The Bertz CT molecular complexity index is 2010. The third-order valence-corrected chi connectivity index (χ3v) is 15.7. The normalized spacial score (nSPS) is 37.9. The van der Waals surface area contributed by atoms with Gasteiger partial charge in [0.15, 0.2) is 18.7 Å². The molecule has 0 saturated carbocycles. The summed E-state index contributed by atoms with van der Waals surface area (Å²) in [7, 11) is 3.88. The van der Waals surface area contributed by atoms with Crippen molar-refractivity contribution >= 4 is 17.7 Å². The lowest BCUT2D eigenvalue weighted by molar-refractivity contribution is -0.296. The zero-order valence-electron chi connectivity index (χ0n) is 44.7. The van der Waals surface area contributed by atoms with E-state index in [0.29, 0.717) is 25.7 Å². The number of hydrogen-bond donors (Lipinski definition) is 2. The number of esters is 2. The minimum atomic E-state index is -1.66. The fraction of sp³-hybridized carbons (Fsp3) is 0.732. The number of ether oxygens (including phenoxy) is 6. The summed E-state index contributed by atoms with van der Waals surface area (Å²) in [6.45, 7) is 30.9. The topological polar surface area (TPSA) is 150 Å². The van der Waals surface area contributed by atoms with Gasteiger partial charge >= 0.3 is 11.9 Å². The molecule has 3 aliphatic heterocycles. The van der Waals surface area contributed by atoms with E-state index in [0.717, 1.165) is 44.5 Å². The van der Waals surface area contributed by atoms with Crippen LogP contribution in [0.15, 0.2) is 24.3 Å². The maximum atomic E-state index is 15.1. The van der Waals surface area contributed by atoms with Crippen molar-refractivity contribution < 1.29 is 53.0 Å². The zero-order chi connectivity index (χ0) is 50.8. The van der Waals surface area contributed by atoms with Gasteiger partial charge in [-0.2, -0.15) is 0 Å². The number of nitrogens with zero attached hydrogens (tertiary/aromatic N) is 1. The number of carbonyl (C=O) groups is 3. The molecule has 3 aliphatic rings. The number of aryl methyl sites for hydroxylation is 6. The first kappa shape index (κ1) is 55.7. The highest BCUT2D eigenvalue weighted by molar-refractivity contribution is 5.84. The van der Waals surface area contributed by atoms with Crippen LogP contribution in [0.3, 0.4) is 0 Å². The Morgan fingerprint density at radius 3 is 1.85 bits per heavy atom. The molecule has 3 heterocycles. The first-order valence-electron chi connectivity index (χ1n) is 25.4. The molecule has 68 heavy (non-hydrogen) atoms. The van der Waals surface area contributed by atoms with Crippen LogP contribution in [0.5, 0.6) is 0 Å². The van der Waals surface area contributed by atoms with Crippen molar-refractivity contribution in [3.63, 3.8) is 0 Å². The summed E-state index contributed by atoms with van der Waals surface area (Å²) >= 11 is 0. The fourth-order valence-electron chi connectivity index (χ4n) is 12.7. The van der Waals surface area contributed by atoms with Crippen LogP contribution >= 0.6 is 0 Å². The first-order chi connectivity index (χ1) is 31.7. The number of hydrogen-bond acceptors (Lipinski definition) is 12. The minimum absolute atomic E-state index is 0.0205. The molecule has 12 nitrogen and oxygen atoms in total. The highest BCUT2D eigenvalue weighted by Crippen LogP contribution is 2.46. The Morgan fingerprint density at radius 2 is 1.34 bits per heavy atom. The number of carbonyl (C=O) groups excluding carboxylic acids is 3. The van der Waals surface area contributed by atoms with E-state index in [1.54, 1.807) is 13.8 Å². The van der Waals surface area contributed by atoms with Gasteiger partial charge in [0.2, 0.25) is 0 Å². The van der Waals surface area contributed by atoms with Crippen LogP contribution in [0, 0.1) is 71.1 Å². The van der Waals surface area contributed by atoms with Crippen molar-refractivity contribution in [3.05, 3.63) is 68.8 Å². The van der Waals surface area contributed by atoms with Crippen LogP contribution in [0.25, 0.3) is 0 Å². The van der Waals surface area contributed by atoms with E-state index >= 15 is 9.59 Å². The van der Waals surface area contributed by atoms with Crippen LogP contribution in [0.4, 0.5) is 0 Å². The predicted octanol–water partition coefficient (Wildman–Crippen LogP) is 9.28. The van der Waals surface area contributed by atoms with Crippen molar-refractivity contribution in [1.82, 2.24) is 4.90 Å². The van der Waals surface area contributed by atoms with Gasteiger partial charge in [0.25, 0.3) is 0 Å². The van der Waals surface area contributed by atoms with E-state index in [2.05, 4.69) is 45.0 Å². The number of likely N-dealkylation sites (N-methyl/N-ethyl adjacent to an activating group) is 1. The molecule has 3 saturated heterocycles. The number of aliphatic hydroxyl groups is 2. The molecule has 3 fully saturated rings. The molecule has 2 N–H and O–H groups in total. The van der Waals surface area contributed by atoms with Crippen molar-refractivity contribution in [2.24, 2.45) is 29.6 Å². The van der Waals surface area contributed by atoms with E-state index in [1.165, 1.54) is 6.92 Å². The van der Waals surface area contributed by atoms with E-state index < -0.39 is 96.3 Å². The smallest absolute Gasteiger partial charge is 0.311 e. The molecule has 0 bridgehead atoms. The van der Waals surface area contributed by atoms with Crippen LogP contribution in [0.2, 0.25) is 0 Å². The lowest BCUT2D eigenvalue weighted by Crippen LogP contribution is -2.58. The quantitative estimate of drug-likeness (QED) is 0.219. The maximum Gasteiger partial charge on any atom is 0.311 e. The summed E-state index contributed by atoms with van der Waals surface area (Å²) in [6, 6.07) is 8.19. The van der Waals surface area contributed by atoms with Crippen LogP contribution in [-0.2, 0) is 42.8 Å². The highest BCUT2D eigenvalue weighted by atomic mass is 16.7. The van der Waals surface area contributed by atoms with Crippen molar-refractivity contribution in [2.75, 3.05) is 14.1 Å². The van der Waals surface area contributed by atoms with E-state index in [-0.39, 0.29) is 36.2 Å². The van der Waals surface area contributed by atoms with Crippen LogP contribution in [0.1, 0.15) is 158 Å². The Labute approximate surface area is 408 Å². The second-order valence-electron chi connectivity index (χ2n) is 22.0. The fourth-order valence-corrected chi connectivity index (χ4v) is 12.7. The van der Waals surface area contributed by atoms with Gasteiger partial charge in [0.05, 0.1) is 42.5 Å². The number of rotatable bonds is 10. The number of Topliss-reactive ketones (excluding diaryl/α,β-unsaturated/α-hetero) is 1. The van der Waals surface area contributed by atoms with E-state index in [9.17, 15) is 15.0 Å². The number of aliphatic hydroxyl groups excluding tert-OH is 1. The van der Waals surface area contributed by atoms with Gasteiger partial charge in [0, 0.05) is 42.9 Å². The lowest BCUT2D eigenvalue weighted by Gasteiger charge is -2.47. The van der Waals surface area contributed by atoms with Crippen LogP contribution < -0.4 is 0 Å². The average molecular weight is 950 g/mol. The monoisotopic (exact) mass is 950 g/mol.